The van der Waals surface area contributed by atoms with E-state index in [1.807, 2.05) is 32.9 Å². The Hall–Kier alpha value is -1.88. The van der Waals surface area contributed by atoms with Crippen LogP contribution in [0.15, 0.2) is 27.7 Å². The van der Waals surface area contributed by atoms with Crippen molar-refractivity contribution in [1.82, 2.24) is 20.8 Å². The number of halogens is 1. The maximum Gasteiger partial charge on any atom is 0.246 e. The number of nitrogens with one attached hydrogen (secondary N) is 2. The highest BCUT2D eigenvalue weighted by Gasteiger charge is 2.07. The Balaban J connectivity index is 0.00000392. The van der Waals surface area contributed by atoms with Crippen LogP contribution in [0.3, 0.4) is 0 Å². The average molecular weight is 503 g/mol. The van der Waals surface area contributed by atoms with Crippen LogP contribution in [0.2, 0.25) is 0 Å². The Morgan fingerprint density at radius 1 is 1.18 bits per heavy atom. The zero-order valence-electron chi connectivity index (χ0n) is 16.9. The fourth-order valence-electron chi connectivity index (χ4n) is 2.36. The zero-order valence-corrected chi connectivity index (χ0v) is 19.3. The summed E-state index contributed by atoms with van der Waals surface area (Å²) in [5, 5.41) is 10.2. The maximum absolute atomic E-state index is 5.88. The van der Waals surface area contributed by atoms with Gasteiger partial charge < -0.3 is 24.6 Å². The predicted molar refractivity (Wildman–Crippen MR) is 119 cm³/mol. The zero-order chi connectivity index (χ0) is 19.5. The summed E-state index contributed by atoms with van der Waals surface area (Å²) in [6.07, 6.45) is 0. The molecule has 0 aliphatic carbocycles. The summed E-state index contributed by atoms with van der Waals surface area (Å²) >= 11 is 0. The fourth-order valence-corrected chi connectivity index (χ4v) is 2.36. The molecule has 2 N–H and O–H groups in total. The van der Waals surface area contributed by atoms with Crippen LogP contribution in [0.5, 0.6) is 5.75 Å². The molecule has 1 heterocycles. The summed E-state index contributed by atoms with van der Waals surface area (Å²) in [6.45, 7) is 11.2. The molecular weight excluding hydrogens is 473 g/mol. The van der Waals surface area contributed by atoms with E-state index in [2.05, 4.69) is 31.8 Å². The minimum atomic E-state index is 0. The molecule has 0 radical (unpaired) electrons. The number of aliphatic imine (C=N–C) groups is 1. The van der Waals surface area contributed by atoms with Gasteiger partial charge in [0, 0.05) is 18.7 Å². The molecule has 0 bridgehead atoms. The molecule has 0 aliphatic heterocycles. The molecule has 1 aromatic carbocycles. The van der Waals surface area contributed by atoms with Crippen LogP contribution in [-0.4, -0.2) is 42.5 Å². The van der Waals surface area contributed by atoms with Gasteiger partial charge in [-0.3, -0.25) is 0 Å². The lowest BCUT2D eigenvalue weighted by Crippen LogP contribution is -2.36. The van der Waals surface area contributed by atoms with Crippen molar-refractivity contribution in [2.45, 2.75) is 40.8 Å². The number of rotatable bonds is 10. The molecule has 0 saturated carbocycles. The summed E-state index contributed by atoms with van der Waals surface area (Å²) in [4.78, 5) is 8.81. The summed E-state index contributed by atoms with van der Waals surface area (Å²) in [5.41, 5.74) is 2.16. The van der Waals surface area contributed by atoms with Gasteiger partial charge in [-0.05, 0) is 39.3 Å². The standard InChI is InChI=1S/C19H29N5O3.HI/c1-5-20-19(22-13-18-23-15(4)24-27-18)21-12-16-8-7-14(3)11-17(16)26-10-9-25-6-2;/h7-8,11H,5-6,9-10,12-13H2,1-4H3,(H2,20,21,22);1H. The predicted octanol–water partition coefficient (Wildman–Crippen LogP) is 2.98. The first-order valence-electron chi connectivity index (χ1n) is 9.23. The van der Waals surface area contributed by atoms with Gasteiger partial charge >= 0.3 is 0 Å². The molecule has 28 heavy (non-hydrogen) atoms. The molecule has 9 heteroatoms. The Labute approximate surface area is 183 Å². The van der Waals surface area contributed by atoms with E-state index in [1.54, 1.807) is 6.92 Å². The molecule has 0 unspecified atom stereocenters. The molecular formula is C19H30IN5O3. The second-order valence-corrected chi connectivity index (χ2v) is 5.94. The highest BCUT2D eigenvalue weighted by Crippen LogP contribution is 2.21. The number of aromatic nitrogens is 2. The van der Waals surface area contributed by atoms with E-state index in [0.29, 0.717) is 50.6 Å². The van der Waals surface area contributed by atoms with Crippen LogP contribution < -0.4 is 15.4 Å². The molecule has 0 spiro atoms. The Bertz CT molecular complexity index is 736. The van der Waals surface area contributed by atoms with Crippen molar-refractivity contribution < 1.29 is 14.0 Å². The highest BCUT2D eigenvalue weighted by atomic mass is 127. The Morgan fingerprint density at radius 2 is 2.00 bits per heavy atom. The van der Waals surface area contributed by atoms with Gasteiger partial charge in [-0.2, -0.15) is 4.98 Å². The molecule has 1 aromatic heterocycles. The third kappa shape index (κ3) is 8.42. The van der Waals surface area contributed by atoms with Gasteiger partial charge in [0.2, 0.25) is 5.89 Å². The number of nitrogens with zero attached hydrogens (tertiary/aromatic N) is 3. The van der Waals surface area contributed by atoms with Gasteiger partial charge in [0.05, 0.1) is 19.7 Å². The lowest BCUT2D eigenvalue weighted by molar-refractivity contribution is 0.110. The maximum atomic E-state index is 5.88. The molecule has 0 fully saturated rings. The van der Waals surface area contributed by atoms with Gasteiger partial charge in [0.15, 0.2) is 11.8 Å². The van der Waals surface area contributed by atoms with E-state index >= 15 is 0 Å². The van der Waals surface area contributed by atoms with E-state index in [0.717, 1.165) is 23.4 Å². The topological polar surface area (TPSA) is 93.8 Å². The first-order valence-corrected chi connectivity index (χ1v) is 9.23. The van der Waals surface area contributed by atoms with Crippen LogP contribution in [0.4, 0.5) is 0 Å². The van der Waals surface area contributed by atoms with E-state index < -0.39 is 0 Å². The van der Waals surface area contributed by atoms with E-state index in [9.17, 15) is 0 Å². The summed E-state index contributed by atoms with van der Waals surface area (Å²) < 4.78 is 16.3. The highest BCUT2D eigenvalue weighted by molar-refractivity contribution is 14.0. The van der Waals surface area contributed by atoms with Gasteiger partial charge in [-0.15, -0.1) is 24.0 Å². The number of hydrogen-bond donors (Lipinski definition) is 2. The average Bonchev–Trinajstić information content (AvgIpc) is 3.07. The summed E-state index contributed by atoms with van der Waals surface area (Å²) in [6, 6.07) is 6.12. The quantitative estimate of drug-likeness (QED) is 0.223. The first kappa shape index (κ1) is 24.2. The lowest BCUT2D eigenvalue weighted by atomic mass is 10.1. The van der Waals surface area contributed by atoms with Crippen LogP contribution in [0.1, 0.15) is 36.7 Å². The molecule has 0 atom stereocenters. The van der Waals surface area contributed by atoms with Gasteiger partial charge in [-0.1, -0.05) is 17.3 Å². The molecule has 0 saturated heterocycles. The molecule has 0 aliphatic rings. The van der Waals surface area contributed by atoms with E-state index in [4.69, 9.17) is 14.0 Å². The third-order valence-corrected chi connectivity index (χ3v) is 3.64. The molecule has 2 rings (SSSR count). The Kier molecular flexibility index (Phi) is 11.5. The van der Waals surface area contributed by atoms with Crippen LogP contribution in [0, 0.1) is 13.8 Å². The first-order chi connectivity index (χ1) is 13.1. The second kappa shape index (κ2) is 13.3. The van der Waals surface area contributed by atoms with Crippen molar-refractivity contribution in [3.8, 4) is 5.75 Å². The number of guanidine groups is 1. The third-order valence-electron chi connectivity index (χ3n) is 3.64. The van der Waals surface area contributed by atoms with Crippen LogP contribution in [-0.2, 0) is 17.8 Å². The fraction of sp³-hybridized carbons (Fsp3) is 0.526. The number of aryl methyl sites for hydroxylation is 2. The minimum absolute atomic E-state index is 0. The molecule has 8 nitrogen and oxygen atoms in total. The smallest absolute Gasteiger partial charge is 0.246 e. The van der Waals surface area contributed by atoms with Crippen molar-refractivity contribution in [2.75, 3.05) is 26.4 Å². The van der Waals surface area contributed by atoms with Gasteiger partial charge in [-0.25, -0.2) is 4.99 Å². The monoisotopic (exact) mass is 503 g/mol. The van der Waals surface area contributed by atoms with Gasteiger partial charge in [0.1, 0.15) is 12.4 Å². The van der Waals surface area contributed by atoms with Crippen molar-refractivity contribution in [3.63, 3.8) is 0 Å². The van der Waals surface area contributed by atoms with Crippen molar-refractivity contribution in [1.29, 1.82) is 0 Å². The summed E-state index contributed by atoms with van der Waals surface area (Å²) in [5.74, 6) is 2.65. The van der Waals surface area contributed by atoms with Crippen LogP contribution in [0.25, 0.3) is 0 Å². The lowest BCUT2D eigenvalue weighted by Gasteiger charge is -2.13. The van der Waals surface area contributed by atoms with E-state index in [-0.39, 0.29) is 24.0 Å². The SMILES string of the molecule is CCNC(=NCc1ccc(C)cc1OCCOCC)NCc1nc(C)no1.I. The molecule has 0 amide bonds. The number of hydrogen-bond acceptors (Lipinski definition) is 6. The number of benzene rings is 1. The molecule has 2 aromatic rings. The normalized spacial score (nSPS) is 11.1. The van der Waals surface area contributed by atoms with Crippen molar-refractivity contribution >= 4 is 29.9 Å². The second-order valence-electron chi connectivity index (χ2n) is 5.94. The van der Waals surface area contributed by atoms with Crippen LogP contribution >= 0.6 is 24.0 Å². The van der Waals surface area contributed by atoms with Crippen molar-refractivity contribution in [3.05, 3.63) is 41.0 Å². The number of ether oxygens (including phenoxy) is 2. The Morgan fingerprint density at radius 3 is 2.68 bits per heavy atom. The van der Waals surface area contributed by atoms with Crippen molar-refractivity contribution in [2.24, 2.45) is 4.99 Å². The van der Waals surface area contributed by atoms with E-state index in [1.165, 1.54) is 0 Å². The molecule has 156 valence electrons. The minimum Gasteiger partial charge on any atom is -0.491 e. The largest absolute Gasteiger partial charge is 0.491 e. The van der Waals surface area contributed by atoms with Gasteiger partial charge in [0.25, 0.3) is 0 Å². The summed E-state index contributed by atoms with van der Waals surface area (Å²) in [7, 11) is 0.